The van der Waals surface area contributed by atoms with Crippen molar-refractivity contribution in [2.75, 3.05) is 0 Å². The van der Waals surface area contributed by atoms with Gasteiger partial charge in [0.15, 0.2) is 11.4 Å². The van der Waals surface area contributed by atoms with E-state index >= 15 is 0 Å². The Morgan fingerprint density at radius 3 is 2.80 bits per heavy atom. The van der Waals surface area contributed by atoms with Gasteiger partial charge in [0, 0.05) is 18.0 Å². The zero-order valence-corrected chi connectivity index (χ0v) is 11.2. The molecule has 1 saturated carbocycles. The predicted octanol–water partition coefficient (Wildman–Crippen LogP) is 2.21. The molecule has 1 aliphatic rings. The first kappa shape index (κ1) is 13.1. The molecule has 1 aliphatic carbocycles. The second kappa shape index (κ2) is 5.25. The summed E-state index contributed by atoms with van der Waals surface area (Å²) in [6.45, 7) is 0. The van der Waals surface area contributed by atoms with E-state index in [4.69, 9.17) is 10.2 Å². The van der Waals surface area contributed by atoms with Gasteiger partial charge in [0.1, 0.15) is 0 Å². The highest BCUT2D eigenvalue weighted by Gasteiger charge is 2.21. The number of benzene rings is 1. The molecule has 1 fully saturated rings. The summed E-state index contributed by atoms with van der Waals surface area (Å²) in [5.41, 5.74) is 7.56. The molecule has 0 aliphatic heterocycles. The Kier molecular flexibility index (Phi) is 3.44. The monoisotopic (exact) mass is 274 g/mol. The van der Waals surface area contributed by atoms with Gasteiger partial charge in [-0.05, 0) is 49.8 Å². The fraction of sp³-hybridized carbons (Fsp3) is 0.467. The number of nitrogens with one attached hydrogen (secondary N) is 1. The van der Waals surface area contributed by atoms with Crippen LogP contribution in [0.2, 0.25) is 0 Å². The molecule has 1 aromatic heterocycles. The quantitative estimate of drug-likeness (QED) is 0.840. The number of hydrogen-bond acceptors (Lipinski definition) is 4. The van der Waals surface area contributed by atoms with Crippen LogP contribution in [0.15, 0.2) is 27.4 Å². The summed E-state index contributed by atoms with van der Waals surface area (Å²) >= 11 is 0. The summed E-state index contributed by atoms with van der Waals surface area (Å²) < 4.78 is 4.93. The highest BCUT2D eigenvalue weighted by Crippen LogP contribution is 2.27. The van der Waals surface area contributed by atoms with Crippen molar-refractivity contribution < 1.29 is 9.21 Å². The van der Waals surface area contributed by atoms with Crippen molar-refractivity contribution in [2.24, 2.45) is 11.7 Å². The number of Topliss-reactive ketones (excluding diaryl/α,β-unsaturated/α-hetero) is 1. The van der Waals surface area contributed by atoms with Crippen molar-refractivity contribution in [3.63, 3.8) is 0 Å². The van der Waals surface area contributed by atoms with Crippen molar-refractivity contribution in [1.82, 2.24) is 4.98 Å². The third-order valence-corrected chi connectivity index (χ3v) is 4.11. The van der Waals surface area contributed by atoms with E-state index in [1.807, 2.05) is 0 Å². The van der Waals surface area contributed by atoms with Crippen LogP contribution in [0, 0.1) is 5.92 Å². The number of oxazole rings is 1. The molecule has 0 bridgehead atoms. The van der Waals surface area contributed by atoms with Crippen molar-refractivity contribution in [3.8, 4) is 0 Å². The van der Waals surface area contributed by atoms with E-state index in [0.29, 0.717) is 35.0 Å². The van der Waals surface area contributed by atoms with Crippen molar-refractivity contribution in [2.45, 2.75) is 38.1 Å². The standard InChI is InChI=1S/C15H18N2O3/c16-11-4-1-9(2-5-11)7-13(18)10-3-6-14-12(8-10)17-15(19)20-14/h3,6,8-9,11H,1-2,4-5,7,16H2,(H,17,19). The van der Waals surface area contributed by atoms with Crippen LogP contribution in [-0.4, -0.2) is 16.8 Å². The van der Waals surface area contributed by atoms with Crippen LogP contribution < -0.4 is 11.5 Å². The van der Waals surface area contributed by atoms with Crippen LogP contribution in [0.3, 0.4) is 0 Å². The molecular formula is C15H18N2O3. The maximum Gasteiger partial charge on any atom is 0.417 e. The summed E-state index contributed by atoms with van der Waals surface area (Å²) in [6, 6.07) is 5.37. The van der Waals surface area contributed by atoms with E-state index in [1.165, 1.54) is 0 Å². The molecule has 0 radical (unpaired) electrons. The molecule has 2 aromatic rings. The lowest BCUT2D eigenvalue weighted by atomic mass is 9.82. The highest BCUT2D eigenvalue weighted by molar-refractivity contribution is 5.98. The predicted molar refractivity (Wildman–Crippen MR) is 75.7 cm³/mol. The number of fused-ring (bicyclic) bond motifs is 1. The molecule has 20 heavy (non-hydrogen) atoms. The Bertz CT molecular complexity index is 678. The van der Waals surface area contributed by atoms with Gasteiger partial charge in [0.25, 0.3) is 0 Å². The third-order valence-electron chi connectivity index (χ3n) is 4.11. The summed E-state index contributed by atoms with van der Waals surface area (Å²) in [6.07, 6.45) is 4.62. The highest BCUT2D eigenvalue weighted by atomic mass is 16.4. The van der Waals surface area contributed by atoms with Crippen LogP contribution in [0.1, 0.15) is 42.5 Å². The second-order valence-electron chi connectivity index (χ2n) is 5.63. The van der Waals surface area contributed by atoms with Gasteiger partial charge in [-0.1, -0.05) is 0 Å². The average molecular weight is 274 g/mol. The van der Waals surface area contributed by atoms with Gasteiger partial charge in [0.2, 0.25) is 0 Å². The largest absolute Gasteiger partial charge is 0.417 e. The number of nitrogens with two attached hydrogens (primary N) is 1. The first-order valence-electron chi connectivity index (χ1n) is 7.03. The van der Waals surface area contributed by atoms with Gasteiger partial charge in [-0.15, -0.1) is 0 Å². The second-order valence-corrected chi connectivity index (χ2v) is 5.63. The minimum absolute atomic E-state index is 0.120. The number of aromatic amines is 1. The molecule has 0 spiro atoms. The Morgan fingerprint density at radius 1 is 1.30 bits per heavy atom. The van der Waals surface area contributed by atoms with Gasteiger partial charge in [-0.25, -0.2) is 4.79 Å². The lowest BCUT2D eigenvalue weighted by molar-refractivity contribution is 0.0948. The molecule has 5 heteroatoms. The zero-order valence-electron chi connectivity index (χ0n) is 11.2. The average Bonchev–Trinajstić information content (AvgIpc) is 2.80. The van der Waals surface area contributed by atoms with Crippen LogP contribution in [0.25, 0.3) is 11.1 Å². The molecule has 0 atom stereocenters. The number of aromatic nitrogens is 1. The molecule has 3 rings (SSSR count). The van der Waals surface area contributed by atoms with Crippen molar-refractivity contribution >= 4 is 16.9 Å². The lowest BCUT2D eigenvalue weighted by Crippen LogP contribution is -2.27. The number of carbonyl (C=O) groups is 1. The molecule has 0 amide bonds. The Balaban J connectivity index is 1.73. The minimum atomic E-state index is -0.495. The first-order chi connectivity index (χ1) is 9.61. The van der Waals surface area contributed by atoms with E-state index in [2.05, 4.69) is 4.98 Å². The van der Waals surface area contributed by atoms with Crippen molar-refractivity contribution in [3.05, 3.63) is 34.3 Å². The number of hydrogen-bond donors (Lipinski definition) is 2. The fourth-order valence-corrected chi connectivity index (χ4v) is 2.90. The van der Waals surface area contributed by atoms with Crippen LogP contribution in [0.5, 0.6) is 0 Å². The van der Waals surface area contributed by atoms with Crippen molar-refractivity contribution in [1.29, 1.82) is 0 Å². The molecule has 1 heterocycles. The molecule has 106 valence electrons. The molecule has 0 unspecified atom stereocenters. The van der Waals surface area contributed by atoms with Gasteiger partial charge in [0.05, 0.1) is 5.52 Å². The number of H-pyrrole nitrogens is 1. The SMILES string of the molecule is NC1CCC(CC(=O)c2ccc3oc(=O)[nH]c3c2)CC1. The Morgan fingerprint density at radius 2 is 2.05 bits per heavy atom. The topological polar surface area (TPSA) is 89.1 Å². The van der Waals surface area contributed by atoms with Gasteiger partial charge >= 0.3 is 5.76 Å². The molecule has 0 saturated heterocycles. The van der Waals surface area contributed by atoms with Crippen LogP contribution in [-0.2, 0) is 0 Å². The molecule has 1 aromatic carbocycles. The van der Waals surface area contributed by atoms with E-state index < -0.39 is 5.76 Å². The molecular weight excluding hydrogens is 256 g/mol. The van der Waals surface area contributed by atoms with E-state index in [0.717, 1.165) is 25.7 Å². The normalized spacial score (nSPS) is 23.1. The molecule has 5 nitrogen and oxygen atoms in total. The maximum atomic E-state index is 12.3. The lowest BCUT2D eigenvalue weighted by Gasteiger charge is -2.25. The minimum Gasteiger partial charge on any atom is -0.408 e. The van der Waals surface area contributed by atoms with Gasteiger partial charge in [-0.2, -0.15) is 0 Å². The molecule has 3 N–H and O–H groups in total. The zero-order chi connectivity index (χ0) is 14.1. The van der Waals surface area contributed by atoms with Crippen LogP contribution >= 0.6 is 0 Å². The van der Waals surface area contributed by atoms with E-state index in [-0.39, 0.29) is 5.78 Å². The number of rotatable bonds is 3. The number of carbonyl (C=O) groups excluding carboxylic acids is 1. The summed E-state index contributed by atoms with van der Waals surface area (Å²) in [5.74, 6) is 0.0571. The van der Waals surface area contributed by atoms with Gasteiger partial charge in [-0.3, -0.25) is 9.78 Å². The number of ketones is 1. The third kappa shape index (κ3) is 2.67. The first-order valence-corrected chi connectivity index (χ1v) is 7.03. The smallest absolute Gasteiger partial charge is 0.408 e. The Labute approximate surface area is 116 Å². The summed E-state index contributed by atoms with van der Waals surface area (Å²) in [5, 5.41) is 0. The fourth-order valence-electron chi connectivity index (χ4n) is 2.90. The van der Waals surface area contributed by atoms with E-state index in [1.54, 1.807) is 18.2 Å². The maximum absolute atomic E-state index is 12.3. The van der Waals surface area contributed by atoms with Gasteiger partial charge < -0.3 is 10.2 Å². The summed E-state index contributed by atoms with van der Waals surface area (Å²) in [4.78, 5) is 26.0. The van der Waals surface area contributed by atoms with E-state index in [9.17, 15) is 9.59 Å². The Hall–Kier alpha value is -1.88. The summed E-state index contributed by atoms with van der Waals surface area (Å²) in [7, 11) is 0. The van der Waals surface area contributed by atoms with Crippen LogP contribution in [0.4, 0.5) is 0 Å².